The Morgan fingerprint density at radius 1 is 1.61 bits per heavy atom. The molecule has 0 bridgehead atoms. The highest BCUT2D eigenvalue weighted by atomic mass is 32.2. The third-order valence-electron chi connectivity index (χ3n) is 2.44. The molecule has 18 heavy (non-hydrogen) atoms. The normalized spacial score (nSPS) is 14.7. The molecule has 9 heteroatoms. The predicted molar refractivity (Wildman–Crippen MR) is 64.0 cm³/mol. The fraction of sp³-hybridized carbons (Fsp3) is 0.444. The van der Waals surface area contributed by atoms with Crippen molar-refractivity contribution in [2.24, 2.45) is 0 Å². The van der Waals surface area contributed by atoms with Crippen molar-refractivity contribution >= 4 is 23.6 Å². The summed E-state index contributed by atoms with van der Waals surface area (Å²) in [5.41, 5.74) is 0. The second-order valence-electron chi connectivity index (χ2n) is 3.91. The molecule has 94 valence electrons. The van der Waals surface area contributed by atoms with E-state index in [1.54, 1.807) is 17.1 Å². The Morgan fingerprint density at radius 2 is 2.50 bits per heavy atom. The number of anilines is 1. The van der Waals surface area contributed by atoms with Crippen LogP contribution in [0.25, 0.3) is 0 Å². The van der Waals surface area contributed by atoms with Crippen LogP contribution >= 0.6 is 11.8 Å². The van der Waals surface area contributed by atoms with Gasteiger partial charge >= 0.3 is 0 Å². The minimum Gasteiger partial charge on any atom is -0.331 e. The van der Waals surface area contributed by atoms with Gasteiger partial charge in [0.15, 0.2) is 0 Å². The molecule has 0 spiro atoms. The number of H-pyrrole nitrogens is 1. The van der Waals surface area contributed by atoms with Gasteiger partial charge in [0.25, 0.3) is 0 Å². The highest BCUT2D eigenvalue weighted by Gasteiger charge is 2.28. The highest BCUT2D eigenvalue weighted by Crippen LogP contribution is 2.36. The van der Waals surface area contributed by atoms with Crippen molar-refractivity contribution in [3.8, 4) is 0 Å². The molecule has 2 N–H and O–H groups in total. The molecule has 0 aromatic carbocycles. The Labute approximate surface area is 107 Å². The van der Waals surface area contributed by atoms with Crippen molar-refractivity contribution in [2.75, 3.05) is 11.1 Å². The Bertz CT molecular complexity index is 533. The number of aromatic amines is 1. The first-order chi connectivity index (χ1) is 8.83. The lowest BCUT2D eigenvalue weighted by atomic mass is 10.7. The van der Waals surface area contributed by atoms with E-state index in [-0.39, 0.29) is 11.7 Å². The van der Waals surface area contributed by atoms with E-state index < -0.39 is 0 Å². The first-order valence-electron chi connectivity index (χ1n) is 5.53. The molecule has 0 aliphatic heterocycles. The molecule has 3 rings (SSSR count). The Balaban J connectivity index is 1.54. The van der Waals surface area contributed by atoms with Crippen LogP contribution in [0.1, 0.15) is 18.9 Å². The monoisotopic (exact) mass is 265 g/mol. The van der Waals surface area contributed by atoms with Crippen LogP contribution in [0.4, 0.5) is 5.95 Å². The average Bonchev–Trinajstić information content (AvgIpc) is 2.90. The summed E-state index contributed by atoms with van der Waals surface area (Å²) in [5.74, 6) is 0.566. The molecule has 2 aromatic heterocycles. The van der Waals surface area contributed by atoms with Crippen LogP contribution in [0.3, 0.4) is 0 Å². The van der Waals surface area contributed by atoms with Gasteiger partial charge in [-0.1, -0.05) is 11.8 Å². The maximum absolute atomic E-state index is 11.6. The smallest absolute Gasteiger partial charge is 0.237 e. The van der Waals surface area contributed by atoms with E-state index in [1.165, 1.54) is 11.8 Å². The zero-order chi connectivity index (χ0) is 12.4. The van der Waals surface area contributed by atoms with Crippen molar-refractivity contribution < 1.29 is 4.79 Å². The van der Waals surface area contributed by atoms with Crippen LogP contribution in [0.15, 0.2) is 17.6 Å². The number of imidazole rings is 1. The van der Waals surface area contributed by atoms with E-state index in [0.717, 1.165) is 12.8 Å². The quantitative estimate of drug-likeness (QED) is 0.762. The number of carbonyl (C=O) groups is 1. The number of carbonyl (C=O) groups excluding carboxylic acids is 1. The largest absolute Gasteiger partial charge is 0.331 e. The van der Waals surface area contributed by atoms with E-state index in [9.17, 15) is 4.79 Å². The van der Waals surface area contributed by atoms with Crippen molar-refractivity contribution in [3.63, 3.8) is 0 Å². The summed E-state index contributed by atoms with van der Waals surface area (Å²) in [6, 6.07) is 0.413. The summed E-state index contributed by atoms with van der Waals surface area (Å²) >= 11 is 1.33. The molecular formula is C9H11N7OS. The Kier molecular flexibility index (Phi) is 2.97. The van der Waals surface area contributed by atoms with Crippen LogP contribution < -0.4 is 5.32 Å². The number of tetrazole rings is 1. The molecular weight excluding hydrogens is 254 g/mol. The van der Waals surface area contributed by atoms with Crippen LogP contribution in [-0.4, -0.2) is 41.8 Å². The topological polar surface area (TPSA) is 101 Å². The first-order valence-corrected chi connectivity index (χ1v) is 6.51. The fourth-order valence-corrected chi connectivity index (χ4v) is 2.21. The lowest BCUT2D eigenvalue weighted by Gasteiger charge is -2.02. The van der Waals surface area contributed by atoms with Gasteiger partial charge in [-0.05, 0) is 23.3 Å². The van der Waals surface area contributed by atoms with Crippen molar-refractivity contribution in [3.05, 3.63) is 12.4 Å². The number of nitrogens with one attached hydrogen (secondary N) is 2. The van der Waals surface area contributed by atoms with E-state index in [0.29, 0.717) is 17.1 Å². The zero-order valence-corrected chi connectivity index (χ0v) is 10.2. The van der Waals surface area contributed by atoms with Crippen molar-refractivity contribution in [1.29, 1.82) is 0 Å². The Morgan fingerprint density at radius 3 is 3.22 bits per heavy atom. The van der Waals surface area contributed by atoms with E-state index in [1.807, 2.05) is 0 Å². The summed E-state index contributed by atoms with van der Waals surface area (Å²) in [4.78, 5) is 18.4. The van der Waals surface area contributed by atoms with Crippen LogP contribution in [0.2, 0.25) is 0 Å². The van der Waals surface area contributed by atoms with Gasteiger partial charge in [-0.2, -0.15) is 0 Å². The molecule has 0 saturated heterocycles. The van der Waals surface area contributed by atoms with Crippen LogP contribution in [0.5, 0.6) is 0 Å². The third-order valence-corrected chi connectivity index (χ3v) is 3.38. The molecule has 1 aliphatic rings. The number of nitrogens with zero attached hydrogens (tertiary/aromatic N) is 5. The van der Waals surface area contributed by atoms with E-state index in [4.69, 9.17) is 0 Å². The highest BCUT2D eigenvalue weighted by molar-refractivity contribution is 7.99. The first kappa shape index (κ1) is 11.2. The van der Waals surface area contributed by atoms with Gasteiger partial charge in [0.2, 0.25) is 17.0 Å². The summed E-state index contributed by atoms with van der Waals surface area (Å²) in [5, 5.41) is 14.8. The zero-order valence-electron chi connectivity index (χ0n) is 9.41. The molecule has 8 nitrogen and oxygen atoms in total. The summed E-state index contributed by atoms with van der Waals surface area (Å²) < 4.78 is 1.78. The SMILES string of the molecule is O=C(CSc1nnnn1C1CC1)Nc1ncc[nH]1. The molecule has 1 fully saturated rings. The van der Waals surface area contributed by atoms with Gasteiger partial charge in [0, 0.05) is 12.4 Å². The number of amides is 1. The number of thioether (sulfide) groups is 1. The van der Waals surface area contributed by atoms with E-state index >= 15 is 0 Å². The van der Waals surface area contributed by atoms with Gasteiger partial charge in [0.1, 0.15) is 0 Å². The number of hydrogen-bond acceptors (Lipinski definition) is 6. The van der Waals surface area contributed by atoms with Gasteiger partial charge in [-0.25, -0.2) is 9.67 Å². The van der Waals surface area contributed by atoms with Crippen molar-refractivity contribution in [2.45, 2.75) is 24.0 Å². The van der Waals surface area contributed by atoms with Crippen LogP contribution in [-0.2, 0) is 4.79 Å². The maximum atomic E-state index is 11.6. The van der Waals surface area contributed by atoms with E-state index in [2.05, 4.69) is 30.8 Å². The molecule has 0 unspecified atom stereocenters. The lowest BCUT2D eigenvalue weighted by molar-refractivity contribution is -0.113. The standard InChI is InChI=1S/C9H11N7OS/c17-7(12-8-10-3-4-11-8)5-18-9-13-14-15-16(9)6-1-2-6/h3-4,6H,1-2,5H2,(H2,10,11,12,17). The fourth-order valence-electron chi connectivity index (χ4n) is 1.46. The number of rotatable bonds is 5. The average molecular weight is 265 g/mol. The summed E-state index contributed by atoms with van der Waals surface area (Å²) in [6.07, 6.45) is 5.45. The van der Waals surface area contributed by atoms with Gasteiger partial charge in [-0.15, -0.1) is 5.10 Å². The van der Waals surface area contributed by atoms with Gasteiger partial charge in [-0.3, -0.25) is 10.1 Å². The maximum Gasteiger partial charge on any atom is 0.237 e. The number of aromatic nitrogens is 6. The number of hydrogen-bond donors (Lipinski definition) is 2. The summed E-state index contributed by atoms with van der Waals surface area (Å²) in [6.45, 7) is 0. The Hall–Kier alpha value is -1.90. The molecule has 2 aromatic rings. The predicted octanol–water partition coefficient (Wildman–Crippen LogP) is 0.462. The molecule has 1 amide bonds. The van der Waals surface area contributed by atoms with Crippen molar-refractivity contribution in [1.82, 2.24) is 30.2 Å². The molecule has 1 saturated carbocycles. The second-order valence-corrected chi connectivity index (χ2v) is 4.85. The second kappa shape index (κ2) is 4.77. The molecule has 0 atom stereocenters. The molecule has 2 heterocycles. The van der Waals surface area contributed by atoms with Gasteiger partial charge < -0.3 is 4.98 Å². The molecule has 0 radical (unpaired) electrons. The minimum absolute atomic E-state index is 0.139. The molecule has 1 aliphatic carbocycles. The summed E-state index contributed by atoms with van der Waals surface area (Å²) in [7, 11) is 0. The lowest BCUT2D eigenvalue weighted by Crippen LogP contribution is -2.15. The third kappa shape index (κ3) is 2.50. The van der Waals surface area contributed by atoms with Gasteiger partial charge in [0.05, 0.1) is 11.8 Å². The minimum atomic E-state index is -0.139. The van der Waals surface area contributed by atoms with Crippen LogP contribution in [0, 0.1) is 0 Å².